The van der Waals surface area contributed by atoms with Crippen molar-refractivity contribution in [1.29, 1.82) is 0 Å². The first-order valence-corrected chi connectivity index (χ1v) is 7.43. The van der Waals surface area contributed by atoms with Crippen LogP contribution >= 0.6 is 0 Å². The molecule has 6 heteroatoms. The molecular formula is C18H13N5O. The van der Waals surface area contributed by atoms with Crippen molar-refractivity contribution in [2.24, 2.45) is 0 Å². The second-order valence-corrected chi connectivity index (χ2v) is 5.21. The van der Waals surface area contributed by atoms with Crippen molar-refractivity contribution in [2.75, 3.05) is 5.32 Å². The average Bonchev–Trinajstić information content (AvgIpc) is 2.62. The summed E-state index contributed by atoms with van der Waals surface area (Å²) in [4.78, 5) is 26.8. The molecule has 0 spiro atoms. The maximum absolute atomic E-state index is 11.7. The van der Waals surface area contributed by atoms with Crippen molar-refractivity contribution in [3.05, 3.63) is 77.5 Å². The molecule has 0 saturated heterocycles. The summed E-state index contributed by atoms with van der Waals surface area (Å²) in [5.41, 5.74) is 2.68. The van der Waals surface area contributed by atoms with Crippen molar-refractivity contribution < 1.29 is 0 Å². The maximum atomic E-state index is 11.7. The third kappa shape index (κ3) is 2.72. The predicted molar refractivity (Wildman–Crippen MR) is 93.1 cm³/mol. The summed E-state index contributed by atoms with van der Waals surface area (Å²) in [5.74, 6) is 0.566. The van der Waals surface area contributed by atoms with Crippen LogP contribution in [-0.2, 0) is 0 Å². The molecule has 0 atom stereocenters. The number of pyridine rings is 2. The monoisotopic (exact) mass is 315 g/mol. The van der Waals surface area contributed by atoms with Crippen molar-refractivity contribution in [3.63, 3.8) is 0 Å². The van der Waals surface area contributed by atoms with Gasteiger partial charge in [0.05, 0.1) is 11.1 Å². The third-order valence-electron chi connectivity index (χ3n) is 3.59. The molecule has 0 bridgehead atoms. The number of fused-ring (bicyclic) bond motifs is 1. The fraction of sp³-hybridized carbons (Fsp3) is 0. The summed E-state index contributed by atoms with van der Waals surface area (Å²) in [6.45, 7) is 0. The van der Waals surface area contributed by atoms with Crippen LogP contribution in [0.3, 0.4) is 0 Å². The SMILES string of the molecule is O=c1nc2ncccc2c(Nc2cccc(-c3ccccn3)c2)[nH]1. The van der Waals surface area contributed by atoms with Crippen molar-refractivity contribution in [1.82, 2.24) is 19.9 Å². The first-order valence-electron chi connectivity index (χ1n) is 7.43. The number of hydrogen-bond acceptors (Lipinski definition) is 5. The largest absolute Gasteiger partial charge is 0.348 e. The topological polar surface area (TPSA) is 83.6 Å². The van der Waals surface area contributed by atoms with Gasteiger partial charge in [0.1, 0.15) is 5.82 Å². The van der Waals surface area contributed by atoms with Crippen molar-refractivity contribution in [2.45, 2.75) is 0 Å². The van der Waals surface area contributed by atoms with E-state index in [4.69, 9.17) is 0 Å². The number of aromatic amines is 1. The highest BCUT2D eigenvalue weighted by Crippen LogP contribution is 2.24. The van der Waals surface area contributed by atoms with Gasteiger partial charge < -0.3 is 5.32 Å². The van der Waals surface area contributed by atoms with Gasteiger partial charge in [0, 0.05) is 23.6 Å². The van der Waals surface area contributed by atoms with E-state index in [2.05, 4.69) is 25.3 Å². The number of rotatable bonds is 3. The molecule has 0 radical (unpaired) electrons. The number of H-pyrrole nitrogens is 1. The van der Waals surface area contributed by atoms with E-state index in [0.717, 1.165) is 22.3 Å². The first kappa shape index (κ1) is 14.1. The molecule has 0 saturated carbocycles. The van der Waals surface area contributed by atoms with Crippen LogP contribution in [0.4, 0.5) is 11.5 Å². The van der Waals surface area contributed by atoms with E-state index in [-0.39, 0.29) is 0 Å². The van der Waals surface area contributed by atoms with E-state index in [1.807, 2.05) is 48.5 Å². The van der Waals surface area contributed by atoms with Crippen LogP contribution in [0.1, 0.15) is 0 Å². The van der Waals surface area contributed by atoms with Crippen LogP contribution in [0.25, 0.3) is 22.3 Å². The zero-order valence-corrected chi connectivity index (χ0v) is 12.6. The highest BCUT2D eigenvalue weighted by atomic mass is 16.1. The van der Waals surface area contributed by atoms with Gasteiger partial charge in [-0.15, -0.1) is 0 Å². The third-order valence-corrected chi connectivity index (χ3v) is 3.59. The molecule has 6 nitrogen and oxygen atoms in total. The molecule has 2 N–H and O–H groups in total. The molecule has 4 rings (SSSR count). The fourth-order valence-corrected chi connectivity index (χ4v) is 2.51. The summed E-state index contributed by atoms with van der Waals surface area (Å²) < 4.78 is 0. The Morgan fingerprint density at radius 1 is 0.917 bits per heavy atom. The van der Waals surface area contributed by atoms with Crippen LogP contribution in [0.5, 0.6) is 0 Å². The lowest BCUT2D eigenvalue weighted by atomic mass is 10.1. The van der Waals surface area contributed by atoms with Gasteiger partial charge >= 0.3 is 5.69 Å². The molecule has 0 aliphatic heterocycles. The molecule has 0 aliphatic rings. The number of aromatic nitrogens is 4. The highest BCUT2D eigenvalue weighted by molar-refractivity contribution is 5.88. The first-order chi connectivity index (χ1) is 11.8. The molecule has 3 heterocycles. The molecule has 24 heavy (non-hydrogen) atoms. The Morgan fingerprint density at radius 2 is 1.83 bits per heavy atom. The predicted octanol–water partition coefficient (Wildman–Crippen LogP) is 3.12. The number of hydrogen-bond donors (Lipinski definition) is 2. The van der Waals surface area contributed by atoms with E-state index in [1.54, 1.807) is 18.5 Å². The smallest absolute Gasteiger partial charge is 0.341 e. The molecule has 116 valence electrons. The van der Waals surface area contributed by atoms with E-state index >= 15 is 0 Å². The van der Waals surface area contributed by atoms with E-state index in [0.29, 0.717) is 11.5 Å². The molecule has 0 fully saturated rings. The van der Waals surface area contributed by atoms with Gasteiger partial charge in [-0.3, -0.25) is 9.97 Å². The standard InChI is InChI=1S/C18H13N5O/c24-18-22-16-14(7-4-10-20-16)17(23-18)21-13-6-3-5-12(11-13)15-8-1-2-9-19-15/h1-11H,(H2,20,21,22,23,24). The van der Waals surface area contributed by atoms with Crippen LogP contribution in [0.15, 0.2) is 71.8 Å². The van der Waals surface area contributed by atoms with Crippen molar-refractivity contribution >= 4 is 22.5 Å². The number of nitrogens with zero attached hydrogens (tertiary/aromatic N) is 3. The molecule has 1 aromatic carbocycles. The van der Waals surface area contributed by atoms with Gasteiger partial charge in [-0.2, -0.15) is 4.98 Å². The number of anilines is 2. The Morgan fingerprint density at radius 3 is 2.71 bits per heavy atom. The minimum Gasteiger partial charge on any atom is -0.341 e. The fourth-order valence-electron chi connectivity index (χ4n) is 2.51. The summed E-state index contributed by atoms with van der Waals surface area (Å²) in [6, 6.07) is 17.3. The van der Waals surface area contributed by atoms with Crippen molar-refractivity contribution in [3.8, 4) is 11.3 Å². The minimum atomic E-state index is -0.440. The highest BCUT2D eigenvalue weighted by Gasteiger charge is 2.06. The molecule has 0 unspecified atom stereocenters. The van der Waals surface area contributed by atoms with Gasteiger partial charge in [0.15, 0.2) is 5.65 Å². The van der Waals surface area contributed by atoms with Gasteiger partial charge in [0.2, 0.25) is 0 Å². The zero-order chi connectivity index (χ0) is 16.4. The van der Waals surface area contributed by atoms with Gasteiger partial charge in [-0.25, -0.2) is 9.78 Å². The number of benzene rings is 1. The Labute approximate surface area is 137 Å². The Hall–Kier alpha value is -3.54. The van der Waals surface area contributed by atoms with Gasteiger partial charge in [-0.1, -0.05) is 18.2 Å². The normalized spacial score (nSPS) is 10.7. The Balaban J connectivity index is 1.76. The minimum absolute atomic E-state index is 0.407. The summed E-state index contributed by atoms with van der Waals surface area (Å²) >= 11 is 0. The van der Waals surface area contributed by atoms with E-state index in [9.17, 15) is 4.79 Å². The zero-order valence-electron chi connectivity index (χ0n) is 12.6. The van der Waals surface area contributed by atoms with Crippen LogP contribution in [-0.4, -0.2) is 19.9 Å². The lowest BCUT2D eigenvalue weighted by molar-refractivity contribution is 1.10. The summed E-state index contributed by atoms with van der Waals surface area (Å²) in [5, 5.41) is 3.98. The molecule has 4 aromatic rings. The summed E-state index contributed by atoms with van der Waals surface area (Å²) in [6.07, 6.45) is 3.37. The maximum Gasteiger partial charge on any atom is 0.348 e. The Bertz CT molecular complexity index is 1060. The lowest BCUT2D eigenvalue weighted by Crippen LogP contribution is -2.13. The van der Waals surface area contributed by atoms with Crippen LogP contribution in [0.2, 0.25) is 0 Å². The number of nitrogens with one attached hydrogen (secondary N) is 2. The second kappa shape index (κ2) is 5.92. The summed E-state index contributed by atoms with van der Waals surface area (Å²) in [7, 11) is 0. The van der Waals surface area contributed by atoms with Crippen LogP contribution < -0.4 is 11.0 Å². The van der Waals surface area contributed by atoms with E-state index in [1.165, 1.54) is 0 Å². The Kier molecular flexibility index (Phi) is 3.47. The quantitative estimate of drug-likeness (QED) is 0.607. The molecule has 3 aromatic heterocycles. The molecular weight excluding hydrogens is 302 g/mol. The van der Waals surface area contributed by atoms with Gasteiger partial charge in [-0.05, 0) is 36.4 Å². The lowest BCUT2D eigenvalue weighted by Gasteiger charge is -2.10. The second-order valence-electron chi connectivity index (χ2n) is 5.21. The van der Waals surface area contributed by atoms with Crippen LogP contribution in [0, 0.1) is 0 Å². The van der Waals surface area contributed by atoms with E-state index < -0.39 is 5.69 Å². The average molecular weight is 315 g/mol. The molecule has 0 amide bonds. The molecule has 0 aliphatic carbocycles. The van der Waals surface area contributed by atoms with Gasteiger partial charge in [0.25, 0.3) is 0 Å².